The fourth-order valence-electron chi connectivity index (χ4n) is 5.16. The highest BCUT2D eigenvalue weighted by molar-refractivity contribution is 9.10. The van der Waals surface area contributed by atoms with Crippen molar-refractivity contribution in [1.82, 2.24) is 9.29 Å². The Hall–Kier alpha value is -2.60. The molecule has 4 unspecified atom stereocenters. The molecule has 2 N–H and O–H groups in total. The molecule has 0 amide bonds. The average Bonchev–Trinajstić information content (AvgIpc) is 3.18. The molecule has 4 atom stereocenters. The van der Waals surface area contributed by atoms with Gasteiger partial charge in [0, 0.05) is 39.4 Å². The van der Waals surface area contributed by atoms with Crippen molar-refractivity contribution in [3.63, 3.8) is 0 Å². The fraction of sp³-hybridized carbons (Fsp3) is 0.308. The molecule has 4 aromatic rings. The smallest absolute Gasteiger partial charge is 0.406 e. The van der Waals surface area contributed by atoms with E-state index in [0.717, 1.165) is 51.3 Å². The molecule has 0 saturated heterocycles. The minimum Gasteiger partial charge on any atom is -0.406 e. The van der Waals surface area contributed by atoms with E-state index in [-0.39, 0.29) is 10.9 Å². The Balaban J connectivity index is 1.46. The first kappa shape index (κ1) is 26.0. The van der Waals surface area contributed by atoms with Crippen molar-refractivity contribution >= 4 is 47.7 Å². The number of hydrogen-bond acceptors (Lipinski definition) is 4. The average molecular weight is 596 g/mol. The van der Waals surface area contributed by atoms with Gasteiger partial charge in [0.05, 0.1) is 17.0 Å². The van der Waals surface area contributed by atoms with Gasteiger partial charge in [-0.3, -0.25) is 0 Å². The minimum absolute atomic E-state index is 0.209. The highest BCUT2D eigenvalue weighted by Crippen LogP contribution is 2.39. The van der Waals surface area contributed by atoms with Crippen molar-refractivity contribution in [1.29, 1.82) is 0 Å². The highest BCUT2D eigenvalue weighted by atomic mass is 79.9. The normalized spacial score (nSPS) is 22.2. The van der Waals surface area contributed by atoms with Gasteiger partial charge in [-0.2, -0.15) is 0 Å². The summed E-state index contributed by atoms with van der Waals surface area (Å²) in [4.78, 5) is 0.209. The number of fused-ring (bicyclic) bond motifs is 3. The second-order valence-corrected chi connectivity index (χ2v) is 12.0. The maximum absolute atomic E-state index is 13.8. The number of hydrogen-bond donors (Lipinski definition) is 2. The third-order valence-electron chi connectivity index (χ3n) is 6.77. The van der Waals surface area contributed by atoms with E-state index in [1.807, 2.05) is 30.3 Å². The predicted octanol–water partition coefficient (Wildman–Crippen LogP) is 6.57. The van der Waals surface area contributed by atoms with E-state index in [0.29, 0.717) is 6.42 Å². The molecule has 1 aliphatic rings. The van der Waals surface area contributed by atoms with Gasteiger partial charge >= 0.3 is 6.36 Å². The van der Waals surface area contributed by atoms with E-state index in [1.165, 1.54) is 19.2 Å². The first-order valence-corrected chi connectivity index (χ1v) is 14.0. The molecule has 0 spiro atoms. The van der Waals surface area contributed by atoms with Gasteiger partial charge in [0.15, 0.2) is 0 Å². The molecule has 1 saturated carbocycles. The molecule has 0 radical (unpaired) electrons. The van der Waals surface area contributed by atoms with Crippen LogP contribution in [0.5, 0.6) is 5.75 Å². The molecule has 0 bridgehead atoms. The van der Waals surface area contributed by atoms with Gasteiger partial charge < -0.3 is 14.4 Å². The molecule has 6 nitrogen and oxygen atoms in total. The van der Waals surface area contributed by atoms with Crippen LogP contribution in [0.3, 0.4) is 0 Å². The summed E-state index contributed by atoms with van der Waals surface area (Å²) in [6.45, 7) is 0. The Morgan fingerprint density at radius 1 is 1.05 bits per heavy atom. The zero-order chi connectivity index (χ0) is 26.4. The summed E-state index contributed by atoms with van der Waals surface area (Å²) in [6, 6.07) is 18.1. The maximum Gasteiger partial charge on any atom is 0.573 e. The Kier molecular flexibility index (Phi) is 6.99. The van der Waals surface area contributed by atoms with Crippen LogP contribution in [-0.2, 0) is 9.92 Å². The zero-order valence-electron chi connectivity index (χ0n) is 19.8. The van der Waals surface area contributed by atoms with Crippen LogP contribution in [0.1, 0.15) is 25.3 Å². The summed E-state index contributed by atoms with van der Waals surface area (Å²) in [5.74, 6) is -0.412. The van der Waals surface area contributed by atoms with Crippen LogP contribution >= 0.6 is 15.9 Å². The summed E-state index contributed by atoms with van der Waals surface area (Å²) in [5.41, 5.74) is 2.00. The number of nitrogens with one attached hydrogen (secondary N) is 1. The number of para-hydroxylation sites is 1. The Morgan fingerprint density at radius 2 is 1.76 bits per heavy atom. The van der Waals surface area contributed by atoms with Crippen LogP contribution in [0.25, 0.3) is 21.8 Å². The number of alkyl halides is 3. The van der Waals surface area contributed by atoms with Crippen molar-refractivity contribution in [2.75, 3.05) is 7.05 Å². The van der Waals surface area contributed by atoms with Gasteiger partial charge in [-0.25, -0.2) is 13.3 Å². The molecule has 1 aromatic heterocycles. The lowest BCUT2D eigenvalue weighted by atomic mass is 9.88. The second-order valence-electron chi connectivity index (χ2n) is 8.99. The molecule has 1 aliphatic carbocycles. The number of nitrogens with zero attached hydrogens (tertiary/aromatic N) is 2. The lowest BCUT2D eigenvalue weighted by Gasteiger charge is -2.37. The third kappa shape index (κ3) is 5.09. The molecule has 11 heteroatoms. The van der Waals surface area contributed by atoms with Crippen LogP contribution < -0.4 is 9.46 Å². The minimum atomic E-state index is -4.82. The molecule has 5 rings (SSSR count). The Morgan fingerprint density at radius 3 is 2.46 bits per heavy atom. The van der Waals surface area contributed by atoms with Gasteiger partial charge in [0.1, 0.15) is 15.7 Å². The number of aliphatic hydroxyl groups excluding tert-OH is 1. The van der Waals surface area contributed by atoms with Gasteiger partial charge in [-0.05, 0) is 67.8 Å². The van der Waals surface area contributed by atoms with E-state index in [9.17, 15) is 22.5 Å². The van der Waals surface area contributed by atoms with E-state index >= 15 is 0 Å². The van der Waals surface area contributed by atoms with Gasteiger partial charge in [0.25, 0.3) is 0 Å². The van der Waals surface area contributed by atoms with Crippen molar-refractivity contribution < 1.29 is 27.2 Å². The van der Waals surface area contributed by atoms with E-state index in [2.05, 4.69) is 46.5 Å². The maximum atomic E-state index is 13.8. The van der Waals surface area contributed by atoms with E-state index in [1.54, 1.807) is 0 Å². The van der Waals surface area contributed by atoms with Gasteiger partial charge in [-0.15, -0.1) is 13.2 Å². The monoisotopic (exact) mass is 595 g/mol. The van der Waals surface area contributed by atoms with Crippen LogP contribution in [0, 0.1) is 0 Å². The molecule has 0 aliphatic heterocycles. The zero-order valence-corrected chi connectivity index (χ0v) is 22.2. The third-order valence-corrected chi connectivity index (χ3v) is 9.31. The van der Waals surface area contributed by atoms with Crippen LogP contribution in [-0.4, -0.2) is 39.4 Å². The summed E-state index contributed by atoms with van der Waals surface area (Å²) in [7, 11) is -1.84. The van der Waals surface area contributed by atoms with E-state index in [4.69, 9.17) is 0 Å². The topological polar surface area (TPSA) is 75.9 Å². The Labute approximate surface area is 220 Å². The van der Waals surface area contributed by atoms with Crippen LogP contribution in [0.2, 0.25) is 0 Å². The number of benzene rings is 3. The predicted molar refractivity (Wildman–Crippen MR) is 141 cm³/mol. The quantitative estimate of drug-likeness (QED) is 0.274. The Bertz CT molecular complexity index is 1560. The molecule has 3 aromatic carbocycles. The van der Waals surface area contributed by atoms with Crippen molar-refractivity contribution in [3.8, 4) is 5.75 Å². The van der Waals surface area contributed by atoms with Crippen molar-refractivity contribution in [2.45, 2.75) is 48.7 Å². The largest absolute Gasteiger partial charge is 0.573 e. The van der Waals surface area contributed by atoms with Crippen LogP contribution in [0.15, 0.2) is 80.5 Å². The van der Waals surface area contributed by atoms with Gasteiger partial charge in [-0.1, -0.05) is 34.1 Å². The number of rotatable bonds is 5. The van der Waals surface area contributed by atoms with Crippen molar-refractivity contribution in [2.24, 2.45) is 4.36 Å². The summed E-state index contributed by atoms with van der Waals surface area (Å²) in [6.07, 6.45) is -3.62. The number of halogens is 4. The molecule has 1 heterocycles. The molecule has 196 valence electrons. The summed E-state index contributed by atoms with van der Waals surface area (Å²) >= 11 is 3.55. The summed E-state index contributed by atoms with van der Waals surface area (Å²) < 4.78 is 65.4. The molecule has 1 fully saturated rings. The SMILES string of the molecule is CN=S(=O)(NC1CCCC(n2c3ccccc3c3cc(Br)ccc32)C1O)c1ccc(OC(F)(F)F)cc1. The molecular formula is C26H25BrF3N3O3S. The first-order chi connectivity index (χ1) is 17.6. The molecule has 37 heavy (non-hydrogen) atoms. The van der Waals surface area contributed by atoms with Crippen LogP contribution in [0.4, 0.5) is 13.2 Å². The lowest BCUT2D eigenvalue weighted by Crippen LogP contribution is -2.49. The number of ether oxygens (including phenoxy) is 1. The standard InChI is InChI=1S/C26H25BrF3N3O3S/c1-31-37(35,18-12-10-17(11-13-18)36-26(28,29)30)32-21-6-4-8-24(25(21)34)33-22-7-3-2-5-19(22)20-15-16(27)9-14-23(20)33/h2-3,5,7,9-15,21,24-25,34H,4,6,8H2,1H3,(H,31,32,35). The number of aliphatic hydroxyl groups is 1. The number of aromatic nitrogens is 1. The molecular weight excluding hydrogens is 571 g/mol. The first-order valence-electron chi connectivity index (χ1n) is 11.7. The second kappa shape index (κ2) is 9.94. The van der Waals surface area contributed by atoms with Crippen molar-refractivity contribution in [3.05, 3.63) is 71.2 Å². The lowest BCUT2D eigenvalue weighted by molar-refractivity contribution is -0.274. The van der Waals surface area contributed by atoms with E-state index < -0.39 is 34.2 Å². The fourth-order valence-corrected chi connectivity index (χ4v) is 7.14. The van der Waals surface area contributed by atoms with Gasteiger partial charge in [0.2, 0.25) is 0 Å². The summed E-state index contributed by atoms with van der Waals surface area (Å²) in [5, 5.41) is 13.7. The highest BCUT2D eigenvalue weighted by Gasteiger charge is 2.36.